The van der Waals surface area contributed by atoms with Crippen molar-refractivity contribution in [1.82, 2.24) is 0 Å². The fourth-order valence-electron chi connectivity index (χ4n) is 3.26. The Balaban J connectivity index is 1.92. The van der Waals surface area contributed by atoms with E-state index >= 15 is 0 Å². The van der Waals surface area contributed by atoms with E-state index in [9.17, 15) is 24.6 Å². The molecule has 0 aliphatic carbocycles. The SMILES string of the molecule is CCOc1cc(C(=O)O)ccc1NC(=O)c1ccc(NC(=O)c2ccc(N)cc2)c(OC(C)C)c1O. The number of nitrogen functional groups attached to an aromatic ring is 1. The first-order chi connectivity index (χ1) is 17.1. The summed E-state index contributed by atoms with van der Waals surface area (Å²) >= 11 is 0. The largest absolute Gasteiger partial charge is 0.504 e. The Morgan fingerprint density at radius 3 is 2.14 bits per heavy atom. The Labute approximate surface area is 207 Å². The van der Waals surface area contributed by atoms with Crippen LogP contribution in [-0.4, -0.2) is 40.7 Å². The van der Waals surface area contributed by atoms with Crippen molar-refractivity contribution < 1.29 is 34.1 Å². The van der Waals surface area contributed by atoms with Gasteiger partial charge >= 0.3 is 5.97 Å². The summed E-state index contributed by atoms with van der Waals surface area (Å²) in [4.78, 5) is 37.0. The number of ether oxygens (including phenoxy) is 2. The third kappa shape index (κ3) is 6.03. The number of nitrogens with one attached hydrogen (secondary N) is 2. The number of carbonyl (C=O) groups is 3. The Bertz CT molecular complexity index is 1290. The van der Waals surface area contributed by atoms with E-state index in [2.05, 4.69) is 10.6 Å². The van der Waals surface area contributed by atoms with Gasteiger partial charge in [-0.15, -0.1) is 0 Å². The molecule has 36 heavy (non-hydrogen) atoms. The third-order valence-corrected chi connectivity index (χ3v) is 4.93. The molecule has 0 fully saturated rings. The van der Waals surface area contributed by atoms with E-state index in [0.29, 0.717) is 11.3 Å². The Morgan fingerprint density at radius 1 is 0.917 bits per heavy atom. The summed E-state index contributed by atoms with van der Waals surface area (Å²) in [5.41, 5.74) is 6.78. The van der Waals surface area contributed by atoms with Crippen molar-refractivity contribution in [3.05, 3.63) is 71.3 Å². The zero-order valence-electron chi connectivity index (χ0n) is 20.0. The maximum atomic E-state index is 13.0. The number of phenolic OH excluding ortho intramolecular Hbond substituents is 1. The van der Waals surface area contributed by atoms with Gasteiger partial charge in [0, 0.05) is 11.3 Å². The minimum absolute atomic E-state index is 0.00638. The molecule has 6 N–H and O–H groups in total. The number of anilines is 3. The topological polar surface area (TPSA) is 160 Å². The minimum atomic E-state index is -1.14. The number of carboxylic acid groups (broad SMARTS) is 1. The van der Waals surface area contributed by atoms with E-state index in [1.54, 1.807) is 45.0 Å². The van der Waals surface area contributed by atoms with Crippen LogP contribution in [0, 0.1) is 0 Å². The highest BCUT2D eigenvalue weighted by Gasteiger charge is 2.23. The molecule has 0 saturated heterocycles. The first kappa shape index (κ1) is 25.9. The van der Waals surface area contributed by atoms with E-state index in [4.69, 9.17) is 15.2 Å². The fourth-order valence-corrected chi connectivity index (χ4v) is 3.26. The van der Waals surface area contributed by atoms with Gasteiger partial charge in [-0.25, -0.2) is 4.79 Å². The number of nitrogens with two attached hydrogens (primary N) is 1. The molecule has 2 amide bonds. The van der Waals surface area contributed by atoms with E-state index in [1.807, 2.05) is 0 Å². The van der Waals surface area contributed by atoms with Crippen LogP contribution in [0.1, 0.15) is 51.8 Å². The van der Waals surface area contributed by atoms with E-state index in [-0.39, 0.29) is 46.7 Å². The third-order valence-electron chi connectivity index (χ3n) is 4.93. The highest BCUT2D eigenvalue weighted by Crippen LogP contribution is 2.39. The molecule has 0 aliphatic heterocycles. The molecule has 10 heteroatoms. The molecule has 10 nitrogen and oxygen atoms in total. The first-order valence-corrected chi connectivity index (χ1v) is 11.1. The van der Waals surface area contributed by atoms with Gasteiger partial charge in [-0.2, -0.15) is 0 Å². The van der Waals surface area contributed by atoms with Gasteiger partial charge in [-0.3, -0.25) is 9.59 Å². The number of aromatic hydroxyl groups is 1. The fraction of sp³-hybridized carbons (Fsp3) is 0.192. The van der Waals surface area contributed by atoms with Crippen LogP contribution in [0.3, 0.4) is 0 Å². The van der Waals surface area contributed by atoms with E-state index < -0.39 is 23.5 Å². The van der Waals surface area contributed by atoms with Crippen LogP contribution in [-0.2, 0) is 0 Å². The van der Waals surface area contributed by atoms with Crippen LogP contribution in [0.4, 0.5) is 17.1 Å². The molecule has 0 heterocycles. The summed E-state index contributed by atoms with van der Waals surface area (Å²) in [5, 5.41) is 25.4. The summed E-state index contributed by atoms with van der Waals surface area (Å²) < 4.78 is 11.2. The molecule has 3 aromatic rings. The quantitative estimate of drug-likeness (QED) is 0.275. The van der Waals surface area contributed by atoms with Gasteiger partial charge in [0.2, 0.25) is 0 Å². The predicted octanol–water partition coefficient (Wildman–Crippen LogP) is 4.36. The zero-order chi connectivity index (χ0) is 26.4. The lowest BCUT2D eigenvalue weighted by molar-refractivity contribution is 0.0696. The summed E-state index contributed by atoms with van der Waals surface area (Å²) in [7, 11) is 0. The Kier molecular flexibility index (Phi) is 8.00. The molecule has 0 bridgehead atoms. The van der Waals surface area contributed by atoms with Crippen LogP contribution in [0.2, 0.25) is 0 Å². The van der Waals surface area contributed by atoms with Gasteiger partial charge in [0.25, 0.3) is 11.8 Å². The van der Waals surface area contributed by atoms with Gasteiger partial charge in [0.05, 0.1) is 35.2 Å². The van der Waals surface area contributed by atoms with E-state index in [1.165, 1.54) is 30.3 Å². The number of hydrogen-bond donors (Lipinski definition) is 5. The molecule has 188 valence electrons. The monoisotopic (exact) mass is 493 g/mol. The summed E-state index contributed by atoms with van der Waals surface area (Å²) in [6.07, 6.45) is -0.380. The highest BCUT2D eigenvalue weighted by atomic mass is 16.5. The highest BCUT2D eigenvalue weighted by molar-refractivity contribution is 6.10. The van der Waals surface area contributed by atoms with Gasteiger partial charge in [0.15, 0.2) is 11.5 Å². The number of carboxylic acids is 1. The normalized spacial score (nSPS) is 10.6. The van der Waals surface area contributed by atoms with Gasteiger partial charge < -0.3 is 36.1 Å². The smallest absolute Gasteiger partial charge is 0.335 e. The second kappa shape index (κ2) is 11.1. The van der Waals surface area contributed by atoms with Crippen molar-refractivity contribution in [2.75, 3.05) is 23.0 Å². The Hall–Kier alpha value is -4.73. The lowest BCUT2D eigenvalue weighted by Crippen LogP contribution is -2.17. The molecule has 3 rings (SSSR count). The maximum Gasteiger partial charge on any atom is 0.335 e. The molecular weight excluding hydrogens is 466 g/mol. The molecule has 0 unspecified atom stereocenters. The van der Waals surface area contributed by atoms with Crippen molar-refractivity contribution in [3.63, 3.8) is 0 Å². The predicted molar refractivity (Wildman–Crippen MR) is 135 cm³/mol. The summed E-state index contributed by atoms with van der Waals surface area (Å²) in [6.45, 7) is 5.43. The molecular formula is C26H27N3O7. The average molecular weight is 494 g/mol. The minimum Gasteiger partial charge on any atom is -0.504 e. The number of benzene rings is 3. The van der Waals surface area contributed by atoms with E-state index in [0.717, 1.165) is 0 Å². The van der Waals surface area contributed by atoms with Gasteiger partial charge in [-0.05, 0) is 75.4 Å². The Morgan fingerprint density at radius 2 is 1.53 bits per heavy atom. The lowest BCUT2D eigenvalue weighted by Gasteiger charge is -2.19. The second-order valence-corrected chi connectivity index (χ2v) is 7.98. The van der Waals surface area contributed by atoms with Crippen LogP contribution < -0.4 is 25.8 Å². The molecule has 0 spiro atoms. The summed E-state index contributed by atoms with van der Waals surface area (Å²) in [6, 6.07) is 13.1. The number of rotatable bonds is 9. The van der Waals surface area contributed by atoms with Crippen LogP contribution in [0.5, 0.6) is 17.2 Å². The number of hydrogen-bond acceptors (Lipinski definition) is 7. The molecule has 0 radical (unpaired) electrons. The lowest BCUT2D eigenvalue weighted by atomic mass is 10.1. The maximum absolute atomic E-state index is 13.0. The molecule has 3 aromatic carbocycles. The van der Waals surface area contributed by atoms with Crippen LogP contribution in [0.25, 0.3) is 0 Å². The van der Waals surface area contributed by atoms with Crippen molar-refractivity contribution >= 4 is 34.8 Å². The number of carbonyl (C=O) groups excluding carboxylic acids is 2. The van der Waals surface area contributed by atoms with Crippen molar-refractivity contribution in [2.24, 2.45) is 0 Å². The molecule has 0 saturated carbocycles. The van der Waals surface area contributed by atoms with Crippen LogP contribution in [0.15, 0.2) is 54.6 Å². The van der Waals surface area contributed by atoms with Gasteiger partial charge in [0.1, 0.15) is 5.75 Å². The van der Waals surface area contributed by atoms with Crippen molar-refractivity contribution in [1.29, 1.82) is 0 Å². The van der Waals surface area contributed by atoms with Gasteiger partial charge in [-0.1, -0.05) is 0 Å². The van der Waals surface area contributed by atoms with Crippen molar-refractivity contribution in [2.45, 2.75) is 26.9 Å². The number of amides is 2. The van der Waals surface area contributed by atoms with Crippen molar-refractivity contribution in [3.8, 4) is 17.2 Å². The first-order valence-electron chi connectivity index (χ1n) is 11.1. The molecule has 0 aromatic heterocycles. The number of aromatic carboxylic acids is 1. The molecule has 0 aliphatic rings. The summed E-state index contributed by atoms with van der Waals surface area (Å²) in [5.74, 6) is -2.68. The number of phenols is 1. The second-order valence-electron chi connectivity index (χ2n) is 7.98. The zero-order valence-corrected chi connectivity index (χ0v) is 20.0. The average Bonchev–Trinajstić information content (AvgIpc) is 2.82. The standard InChI is InChI=1S/C26H27N3O7/c1-4-35-21-13-16(26(33)34)7-11-19(21)28-25(32)18-10-12-20(23(22(18)30)36-14(2)3)29-24(31)15-5-8-17(27)9-6-15/h5-14,30H,4,27H2,1-3H3,(H,28,32)(H,29,31)(H,33,34). The van der Waals surface area contributed by atoms with Crippen LogP contribution >= 0.6 is 0 Å². The molecule has 0 atom stereocenters.